The Kier molecular flexibility index (Phi) is 2.72. The molecule has 0 amide bonds. The zero-order valence-corrected chi connectivity index (χ0v) is 8.92. The molecule has 16 heavy (non-hydrogen) atoms. The van der Waals surface area contributed by atoms with Crippen LogP contribution in [0, 0.1) is 0 Å². The molecule has 1 aromatic heterocycles. The minimum absolute atomic E-state index is 0.367. The molecule has 4 heteroatoms. The lowest BCUT2D eigenvalue weighted by Crippen LogP contribution is -2.03. The van der Waals surface area contributed by atoms with Crippen molar-refractivity contribution in [1.29, 1.82) is 0 Å². The van der Waals surface area contributed by atoms with Crippen LogP contribution in [0.15, 0.2) is 36.9 Å². The second-order valence-electron chi connectivity index (χ2n) is 3.47. The number of imidazole rings is 1. The van der Waals surface area contributed by atoms with E-state index in [2.05, 4.69) is 4.98 Å². The topological polar surface area (TPSA) is 55.1 Å². The van der Waals surface area contributed by atoms with Gasteiger partial charge in [0.1, 0.15) is 0 Å². The first kappa shape index (κ1) is 10.4. The van der Waals surface area contributed by atoms with Gasteiger partial charge in [0.25, 0.3) is 0 Å². The van der Waals surface area contributed by atoms with Crippen LogP contribution < -0.4 is 0 Å². The van der Waals surface area contributed by atoms with Crippen LogP contribution in [0.4, 0.5) is 0 Å². The first-order valence-corrected chi connectivity index (χ1v) is 5.07. The molecule has 0 saturated heterocycles. The summed E-state index contributed by atoms with van der Waals surface area (Å²) in [6, 6.07) is 5.30. The number of carboxylic acids is 1. The molecule has 0 saturated carbocycles. The van der Waals surface area contributed by atoms with Crippen LogP contribution in [-0.2, 0) is 6.42 Å². The van der Waals surface area contributed by atoms with Gasteiger partial charge < -0.3 is 9.67 Å². The van der Waals surface area contributed by atoms with Gasteiger partial charge in [-0.15, -0.1) is 0 Å². The third-order valence-corrected chi connectivity index (χ3v) is 2.50. The molecule has 0 aliphatic carbocycles. The van der Waals surface area contributed by atoms with Crippen LogP contribution in [0.25, 0.3) is 5.69 Å². The van der Waals surface area contributed by atoms with Crippen molar-refractivity contribution in [3.63, 3.8) is 0 Å². The predicted octanol–water partition coefficient (Wildman–Crippen LogP) is 2.13. The number of aromatic carboxylic acids is 1. The Morgan fingerprint density at radius 2 is 2.31 bits per heavy atom. The Morgan fingerprint density at radius 1 is 1.50 bits per heavy atom. The van der Waals surface area contributed by atoms with E-state index in [0.717, 1.165) is 11.3 Å². The Hall–Kier alpha value is -2.10. The van der Waals surface area contributed by atoms with E-state index < -0.39 is 5.97 Å². The van der Waals surface area contributed by atoms with Gasteiger partial charge in [-0.25, -0.2) is 9.78 Å². The highest BCUT2D eigenvalue weighted by Crippen LogP contribution is 2.16. The van der Waals surface area contributed by atoms with Gasteiger partial charge in [0, 0.05) is 18.1 Å². The molecule has 0 aliphatic heterocycles. The van der Waals surface area contributed by atoms with Crippen molar-refractivity contribution >= 4 is 5.97 Å². The van der Waals surface area contributed by atoms with E-state index in [-0.39, 0.29) is 0 Å². The summed E-state index contributed by atoms with van der Waals surface area (Å²) < 4.78 is 1.85. The third kappa shape index (κ3) is 1.82. The highest BCUT2D eigenvalue weighted by atomic mass is 16.4. The summed E-state index contributed by atoms with van der Waals surface area (Å²) in [4.78, 5) is 14.9. The average molecular weight is 216 g/mol. The van der Waals surface area contributed by atoms with Crippen LogP contribution >= 0.6 is 0 Å². The van der Waals surface area contributed by atoms with E-state index in [4.69, 9.17) is 5.11 Å². The zero-order valence-electron chi connectivity index (χ0n) is 8.92. The molecule has 0 aliphatic rings. The molecular weight excluding hydrogens is 204 g/mol. The van der Waals surface area contributed by atoms with Crippen LogP contribution in [0.1, 0.15) is 22.8 Å². The molecule has 4 nitrogen and oxygen atoms in total. The molecule has 1 aromatic carbocycles. The van der Waals surface area contributed by atoms with Crippen molar-refractivity contribution in [3.8, 4) is 5.69 Å². The van der Waals surface area contributed by atoms with Gasteiger partial charge in [-0.1, -0.05) is 6.92 Å². The van der Waals surface area contributed by atoms with Gasteiger partial charge in [0.2, 0.25) is 0 Å². The van der Waals surface area contributed by atoms with E-state index in [1.165, 1.54) is 0 Å². The summed E-state index contributed by atoms with van der Waals surface area (Å²) in [6.07, 6.45) is 5.91. The number of hydrogen-bond donors (Lipinski definition) is 1. The van der Waals surface area contributed by atoms with Crippen molar-refractivity contribution in [1.82, 2.24) is 9.55 Å². The van der Waals surface area contributed by atoms with Crippen molar-refractivity contribution in [2.75, 3.05) is 0 Å². The minimum atomic E-state index is -0.881. The van der Waals surface area contributed by atoms with Gasteiger partial charge >= 0.3 is 5.97 Å². The van der Waals surface area contributed by atoms with Gasteiger partial charge in [-0.3, -0.25) is 0 Å². The molecule has 0 bridgehead atoms. The zero-order chi connectivity index (χ0) is 11.5. The number of aromatic nitrogens is 2. The number of carboxylic acid groups (broad SMARTS) is 1. The number of aryl methyl sites for hydroxylation is 1. The lowest BCUT2D eigenvalue weighted by Gasteiger charge is -2.07. The van der Waals surface area contributed by atoms with Gasteiger partial charge in [0.15, 0.2) is 0 Å². The molecule has 2 rings (SSSR count). The summed E-state index contributed by atoms with van der Waals surface area (Å²) in [6.45, 7) is 1.94. The second-order valence-corrected chi connectivity index (χ2v) is 3.47. The molecule has 82 valence electrons. The lowest BCUT2D eigenvalue weighted by atomic mass is 10.0. The Labute approximate surface area is 93.2 Å². The summed E-state index contributed by atoms with van der Waals surface area (Å²) in [5.74, 6) is -0.881. The maximum absolute atomic E-state index is 11.0. The predicted molar refractivity (Wildman–Crippen MR) is 59.9 cm³/mol. The molecule has 0 atom stereocenters. The van der Waals surface area contributed by atoms with Gasteiger partial charge in [0.05, 0.1) is 11.9 Å². The Balaban J connectivity index is 2.49. The van der Waals surface area contributed by atoms with E-state index in [1.807, 2.05) is 23.8 Å². The maximum atomic E-state index is 11.0. The summed E-state index contributed by atoms with van der Waals surface area (Å²) in [5, 5.41) is 9.00. The minimum Gasteiger partial charge on any atom is -0.478 e. The quantitative estimate of drug-likeness (QED) is 0.855. The van der Waals surface area contributed by atoms with Crippen molar-refractivity contribution in [2.24, 2.45) is 0 Å². The fourth-order valence-corrected chi connectivity index (χ4v) is 1.65. The van der Waals surface area contributed by atoms with Crippen LogP contribution in [-0.4, -0.2) is 20.6 Å². The van der Waals surface area contributed by atoms with E-state index in [9.17, 15) is 4.79 Å². The van der Waals surface area contributed by atoms with E-state index >= 15 is 0 Å². The highest BCUT2D eigenvalue weighted by molar-refractivity contribution is 5.89. The average Bonchev–Trinajstić information content (AvgIpc) is 2.81. The first-order valence-electron chi connectivity index (χ1n) is 5.07. The first-order chi connectivity index (χ1) is 7.72. The van der Waals surface area contributed by atoms with Crippen molar-refractivity contribution < 1.29 is 9.90 Å². The van der Waals surface area contributed by atoms with Gasteiger partial charge in [-0.2, -0.15) is 0 Å². The molecule has 0 fully saturated rings. The monoisotopic (exact) mass is 216 g/mol. The van der Waals surface area contributed by atoms with E-state index in [1.54, 1.807) is 24.7 Å². The Bertz CT molecular complexity index is 504. The number of hydrogen-bond acceptors (Lipinski definition) is 2. The number of benzene rings is 1. The molecule has 1 N–H and O–H groups in total. The fraction of sp³-hybridized carbons (Fsp3) is 0.167. The van der Waals surface area contributed by atoms with Crippen LogP contribution in [0.3, 0.4) is 0 Å². The van der Waals surface area contributed by atoms with Crippen LogP contribution in [0.5, 0.6) is 0 Å². The third-order valence-electron chi connectivity index (χ3n) is 2.50. The molecule has 1 heterocycles. The summed E-state index contributed by atoms with van der Waals surface area (Å²) in [7, 11) is 0. The van der Waals surface area contributed by atoms with Crippen molar-refractivity contribution in [2.45, 2.75) is 13.3 Å². The molecule has 2 aromatic rings. The largest absolute Gasteiger partial charge is 0.478 e. The lowest BCUT2D eigenvalue weighted by molar-refractivity contribution is 0.0696. The standard InChI is InChI=1S/C12H12N2O2/c1-2-9-7-10(14-6-5-13-8-14)3-4-11(9)12(15)16/h3-8H,2H2,1H3,(H,15,16). The van der Waals surface area contributed by atoms with Crippen molar-refractivity contribution in [3.05, 3.63) is 48.0 Å². The summed E-state index contributed by atoms with van der Waals surface area (Å²) in [5.41, 5.74) is 2.13. The second kappa shape index (κ2) is 4.18. The van der Waals surface area contributed by atoms with Crippen LogP contribution in [0.2, 0.25) is 0 Å². The number of rotatable bonds is 3. The molecule has 0 unspecified atom stereocenters. The number of nitrogens with zero attached hydrogens (tertiary/aromatic N) is 2. The normalized spacial score (nSPS) is 10.3. The van der Waals surface area contributed by atoms with E-state index in [0.29, 0.717) is 12.0 Å². The SMILES string of the molecule is CCc1cc(-n2ccnc2)ccc1C(=O)O. The highest BCUT2D eigenvalue weighted by Gasteiger charge is 2.09. The number of carbonyl (C=O) groups is 1. The molecule has 0 spiro atoms. The smallest absolute Gasteiger partial charge is 0.335 e. The maximum Gasteiger partial charge on any atom is 0.335 e. The van der Waals surface area contributed by atoms with Gasteiger partial charge in [-0.05, 0) is 30.2 Å². The summed E-state index contributed by atoms with van der Waals surface area (Å²) >= 11 is 0. The molecular formula is C12H12N2O2. The molecule has 0 radical (unpaired) electrons. The fourth-order valence-electron chi connectivity index (χ4n) is 1.65. The Morgan fingerprint density at radius 3 is 2.88 bits per heavy atom.